The van der Waals surface area contributed by atoms with Crippen LogP contribution in [0.4, 0.5) is 0 Å². The standard InChI is InChI=1S/C15H20N4O/c1-5-11-8-12(6-2)19(18-11)15-13(14(16)20)9(3)7-10(4)17-15/h7-8H,5-6H2,1-4H3,(H2,16,20). The van der Waals surface area contributed by atoms with Crippen molar-refractivity contribution >= 4 is 5.91 Å². The highest BCUT2D eigenvalue weighted by molar-refractivity contribution is 5.97. The van der Waals surface area contributed by atoms with Crippen molar-refractivity contribution in [1.29, 1.82) is 0 Å². The molecule has 0 spiro atoms. The van der Waals surface area contributed by atoms with Crippen molar-refractivity contribution in [3.63, 3.8) is 0 Å². The van der Waals surface area contributed by atoms with Crippen LogP contribution in [0.1, 0.15) is 46.9 Å². The molecule has 0 aliphatic carbocycles. The van der Waals surface area contributed by atoms with E-state index < -0.39 is 5.91 Å². The molecule has 20 heavy (non-hydrogen) atoms. The van der Waals surface area contributed by atoms with Gasteiger partial charge in [-0.25, -0.2) is 9.67 Å². The molecule has 2 N–H and O–H groups in total. The van der Waals surface area contributed by atoms with Crippen LogP contribution in [0.25, 0.3) is 5.82 Å². The van der Waals surface area contributed by atoms with E-state index in [1.807, 2.05) is 26.0 Å². The predicted molar refractivity (Wildman–Crippen MR) is 78.1 cm³/mol. The number of rotatable bonds is 4. The third kappa shape index (κ3) is 2.43. The summed E-state index contributed by atoms with van der Waals surface area (Å²) in [5, 5.41) is 4.54. The van der Waals surface area contributed by atoms with Crippen LogP contribution in [0.15, 0.2) is 12.1 Å². The first-order chi connectivity index (χ1) is 9.47. The fraction of sp³-hybridized carbons (Fsp3) is 0.400. The molecule has 2 aromatic heterocycles. The molecule has 2 heterocycles. The number of carbonyl (C=O) groups excluding carboxylic acids is 1. The number of carbonyl (C=O) groups is 1. The molecule has 1 amide bonds. The van der Waals surface area contributed by atoms with E-state index in [1.54, 1.807) is 4.68 Å². The van der Waals surface area contributed by atoms with Crippen molar-refractivity contribution in [1.82, 2.24) is 14.8 Å². The van der Waals surface area contributed by atoms with Gasteiger partial charge in [0.05, 0.1) is 11.3 Å². The van der Waals surface area contributed by atoms with Crippen LogP contribution < -0.4 is 5.73 Å². The lowest BCUT2D eigenvalue weighted by molar-refractivity contribution is 0.0999. The maximum atomic E-state index is 11.7. The van der Waals surface area contributed by atoms with Gasteiger partial charge >= 0.3 is 0 Å². The number of primary amides is 1. The van der Waals surface area contributed by atoms with Crippen LogP contribution in [-0.4, -0.2) is 20.7 Å². The van der Waals surface area contributed by atoms with E-state index in [2.05, 4.69) is 23.9 Å². The van der Waals surface area contributed by atoms with Gasteiger partial charge < -0.3 is 5.73 Å². The van der Waals surface area contributed by atoms with E-state index in [1.165, 1.54) is 0 Å². The van der Waals surface area contributed by atoms with Crippen LogP contribution in [0.5, 0.6) is 0 Å². The molecule has 5 heteroatoms. The lowest BCUT2D eigenvalue weighted by Gasteiger charge is -2.12. The average molecular weight is 272 g/mol. The summed E-state index contributed by atoms with van der Waals surface area (Å²) >= 11 is 0. The number of nitrogens with two attached hydrogens (primary N) is 1. The summed E-state index contributed by atoms with van der Waals surface area (Å²) in [6, 6.07) is 3.91. The first-order valence-electron chi connectivity index (χ1n) is 6.84. The first-order valence-corrected chi connectivity index (χ1v) is 6.84. The van der Waals surface area contributed by atoms with E-state index in [0.717, 1.165) is 35.5 Å². The van der Waals surface area contributed by atoms with Gasteiger partial charge in [-0.1, -0.05) is 13.8 Å². The number of nitrogens with zero attached hydrogens (tertiary/aromatic N) is 3. The fourth-order valence-corrected chi connectivity index (χ4v) is 2.36. The molecule has 0 bridgehead atoms. The van der Waals surface area contributed by atoms with Gasteiger partial charge in [0.1, 0.15) is 0 Å². The summed E-state index contributed by atoms with van der Waals surface area (Å²) in [5.41, 5.74) is 9.64. The summed E-state index contributed by atoms with van der Waals surface area (Å²) in [6.45, 7) is 7.88. The Labute approximate surface area is 118 Å². The maximum absolute atomic E-state index is 11.7. The van der Waals surface area contributed by atoms with E-state index in [4.69, 9.17) is 5.73 Å². The molecule has 0 aromatic carbocycles. The lowest BCUT2D eigenvalue weighted by Crippen LogP contribution is -2.19. The van der Waals surface area contributed by atoms with E-state index >= 15 is 0 Å². The van der Waals surface area contributed by atoms with Crippen LogP contribution in [0.3, 0.4) is 0 Å². The molecule has 0 saturated heterocycles. The van der Waals surface area contributed by atoms with Crippen molar-refractivity contribution in [3.8, 4) is 5.82 Å². The molecule has 0 atom stereocenters. The lowest BCUT2D eigenvalue weighted by atomic mass is 10.1. The van der Waals surface area contributed by atoms with Crippen LogP contribution in [-0.2, 0) is 12.8 Å². The Balaban J connectivity index is 2.74. The van der Waals surface area contributed by atoms with Gasteiger partial charge in [-0.05, 0) is 44.4 Å². The van der Waals surface area contributed by atoms with Crippen LogP contribution >= 0.6 is 0 Å². The molecular weight excluding hydrogens is 252 g/mol. The Hall–Kier alpha value is -2.17. The number of hydrogen-bond donors (Lipinski definition) is 1. The molecule has 0 saturated carbocycles. The Morgan fingerprint density at radius 3 is 2.50 bits per heavy atom. The number of amides is 1. The highest BCUT2D eigenvalue weighted by Gasteiger charge is 2.18. The highest BCUT2D eigenvalue weighted by Crippen LogP contribution is 2.20. The first kappa shape index (κ1) is 14.2. The molecular formula is C15H20N4O. The minimum atomic E-state index is -0.472. The number of hydrogen-bond acceptors (Lipinski definition) is 3. The van der Waals surface area contributed by atoms with Crippen molar-refractivity contribution in [3.05, 3.63) is 40.3 Å². The second kappa shape index (κ2) is 5.45. The molecule has 5 nitrogen and oxygen atoms in total. The predicted octanol–water partition coefficient (Wildman–Crippen LogP) is 2.11. The minimum Gasteiger partial charge on any atom is -0.365 e. The Morgan fingerprint density at radius 1 is 1.25 bits per heavy atom. The molecule has 0 aliphatic heterocycles. The average Bonchev–Trinajstić information content (AvgIpc) is 2.80. The quantitative estimate of drug-likeness (QED) is 0.926. The zero-order chi connectivity index (χ0) is 14.9. The fourth-order valence-electron chi connectivity index (χ4n) is 2.36. The largest absolute Gasteiger partial charge is 0.365 e. The summed E-state index contributed by atoms with van der Waals surface area (Å²) in [4.78, 5) is 16.2. The molecule has 2 rings (SSSR count). The Kier molecular flexibility index (Phi) is 3.88. The summed E-state index contributed by atoms with van der Waals surface area (Å²) < 4.78 is 1.75. The summed E-state index contributed by atoms with van der Waals surface area (Å²) in [5.74, 6) is 0.0622. The van der Waals surface area contributed by atoms with Crippen molar-refractivity contribution in [2.75, 3.05) is 0 Å². The number of aryl methyl sites for hydroxylation is 4. The minimum absolute atomic E-state index is 0.441. The van der Waals surface area contributed by atoms with Crippen molar-refractivity contribution < 1.29 is 4.79 Å². The van der Waals surface area contributed by atoms with E-state index in [9.17, 15) is 4.79 Å². The number of pyridine rings is 1. The Morgan fingerprint density at radius 2 is 1.95 bits per heavy atom. The molecule has 0 unspecified atom stereocenters. The van der Waals surface area contributed by atoms with Crippen LogP contribution in [0.2, 0.25) is 0 Å². The zero-order valence-electron chi connectivity index (χ0n) is 12.4. The molecule has 0 aliphatic rings. The summed E-state index contributed by atoms with van der Waals surface area (Å²) in [7, 11) is 0. The maximum Gasteiger partial charge on any atom is 0.252 e. The van der Waals surface area contributed by atoms with E-state index in [0.29, 0.717) is 11.4 Å². The van der Waals surface area contributed by atoms with Gasteiger partial charge in [-0.2, -0.15) is 5.10 Å². The SMILES string of the molecule is CCc1cc(CC)n(-c2nc(C)cc(C)c2C(N)=O)n1. The van der Waals surface area contributed by atoms with Gasteiger partial charge in [0.2, 0.25) is 0 Å². The Bertz CT molecular complexity index is 658. The van der Waals surface area contributed by atoms with E-state index in [-0.39, 0.29) is 0 Å². The van der Waals surface area contributed by atoms with Crippen LogP contribution in [0, 0.1) is 13.8 Å². The van der Waals surface area contributed by atoms with Gasteiger partial charge in [0.25, 0.3) is 5.91 Å². The molecule has 0 radical (unpaired) electrons. The normalized spacial score (nSPS) is 10.8. The molecule has 2 aromatic rings. The molecule has 0 fully saturated rings. The topological polar surface area (TPSA) is 73.8 Å². The third-order valence-electron chi connectivity index (χ3n) is 3.33. The zero-order valence-corrected chi connectivity index (χ0v) is 12.4. The van der Waals surface area contributed by atoms with Crippen molar-refractivity contribution in [2.45, 2.75) is 40.5 Å². The van der Waals surface area contributed by atoms with Gasteiger partial charge in [-0.15, -0.1) is 0 Å². The molecule has 106 valence electrons. The third-order valence-corrected chi connectivity index (χ3v) is 3.33. The number of aromatic nitrogens is 3. The van der Waals surface area contributed by atoms with Gasteiger partial charge in [0.15, 0.2) is 5.82 Å². The van der Waals surface area contributed by atoms with Crippen molar-refractivity contribution in [2.24, 2.45) is 5.73 Å². The summed E-state index contributed by atoms with van der Waals surface area (Å²) in [6.07, 6.45) is 1.66. The second-order valence-electron chi connectivity index (χ2n) is 4.89. The second-order valence-corrected chi connectivity index (χ2v) is 4.89. The smallest absolute Gasteiger partial charge is 0.252 e. The monoisotopic (exact) mass is 272 g/mol. The van der Waals surface area contributed by atoms with Gasteiger partial charge in [-0.3, -0.25) is 4.79 Å². The van der Waals surface area contributed by atoms with Gasteiger partial charge in [0, 0.05) is 11.4 Å². The highest BCUT2D eigenvalue weighted by atomic mass is 16.1.